The molecule has 1 heterocycles. The number of carboxylic acid groups (broad SMARTS) is 1. The third kappa shape index (κ3) is 4.21. The van der Waals surface area contributed by atoms with E-state index in [9.17, 15) is 9.59 Å². The number of pyridine rings is 1. The van der Waals surface area contributed by atoms with Gasteiger partial charge < -0.3 is 10.4 Å². The highest BCUT2D eigenvalue weighted by Crippen LogP contribution is 2.26. The number of carboxylic acids is 1. The van der Waals surface area contributed by atoms with Gasteiger partial charge in [-0.2, -0.15) is 0 Å². The maximum Gasteiger partial charge on any atom is 0.337 e. The predicted octanol–water partition coefficient (Wildman–Crippen LogP) is 3.16. The van der Waals surface area contributed by atoms with Crippen LogP contribution in [0.1, 0.15) is 10.4 Å². The third-order valence-electron chi connectivity index (χ3n) is 2.53. The molecule has 7 heteroatoms. The molecule has 2 rings (SSSR count). The molecule has 5 nitrogen and oxygen atoms in total. The molecule has 2 N–H and O–H groups in total. The number of aromatic carboxylic acids is 1. The Bertz CT molecular complexity index is 665. The Balaban J connectivity index is 2.05. The van der Waals surface area contributed by atoms with Crippen LogP contribution in [0.3, 0.4) is 0 Å². The van der Waals surface area contributed by atoms with Crippen molar-refractivity contribution in [3.8, 4) is 0 Å². The van der Waals surface area contributed by atoms with Crippen molar-refractivity contribution in [3.05, 3.63) is 53.3 Å². The van der Waals surface area contributed by atoms with E-state index in [4.69, 9.17) is 16.7 Å². The zero-order valence-electron chi connectivity index (χ0n) is 10.7. The molecule has 1 aromatic carbocycles. The predicted molar refractivity (Wildman–Crippen MR) is 82.0 cm³/mol. The number of anilines is 1. The van der Waals surface area contributed by atoms with E-state index < -0.39 is 5.97 Å². The summed E-state index contributed by atoms with van der Waals surface area (Å²) in [6, 6.07) is 8.01. The van der Waals surface area contributed by atoms with Gasteiger partial charge in [-0.05, 0) is 24.3 Å². The molecule has 0 radical (unpaired) electrons. The van der Waals surface area contributed by atoms with Crippen molar-refractivity contribution < 1.29 is 14.7 Å². The highest BCUT2D eigenvalue weighted by Gasteiger charge is 2.15. The van der Waals surface area contributed by atoms with E-state index >= 15 is 0 Å². The van der Waals surface area contributed by atoms with Gasteiger partial charge in [0, 0.05) is 17.3 Å². The number of halogens is 1. The number of thioether (sulfide) groups is 1. The summed E-state index contributed by atoms with van der Waals surface area (Å²) in [6.07, 6.45) is 3.27. The van der Waals surface area contributed by atoms with Crippen LogP contribution < -0.4 is 5.32 Å². The highest BCUT2D eigenvalue weighted by atomic mass is 35.5. The number of para-hydroxylation sites is 1. The van der Waals surface area contributed by atoms with Gasteiger partial charge in [0.25, 0.3) is 0 Å². The first-order chi connectivity index (χ1) is 10.1. The van der Waals surface area contributed by atoms with E-state index in [0.717, 1.165) is 4.90 Å². The zero-order valence-corrected chi connectivity index (χ0v) is 12.3. The van der Waals surface area contributed by atoms with E-state index in [1.165, 1.54) is 30.0 Å². The molecule has 0 bridgehead atoms. The molecule has 1 aromatic heterocycles. The van der Waals surface area contributed by atoms with Gasteiger partial charge in [0.05, 0.1) is 22.0 Å². The number of hydrogen-bond donors (Lipinski definition) is 2. The molecule has 0 aliphatic rings. The number of carbonyl (C=O) groups excluding carboxylic acids is 1. The Hall–Kier alpha value is -2.05. The summed E-state index contributed by atoms with van der Waals surface area (Å²) in [5.41, 5.74) is 0.0803. The molecule has 108 valence electrons. The number of carbonyl (C=O) groups is 2. The van der Waals surface area contributed by atoms with Crippen molar-refractivity contribution in [1.29, 1.82) is 0 Å². The van der Waals surface area contributed by atoms with Gasteiger partial charge >= 0.3 is 5.97 Å². The standard InChI is InChI=1S/C14H11ClN2O3S/c15-11-3-1-2-10(14(19)20)13(11)17-12(18)8-21-9-4-6-16-7-5-9/h1-7H,8H2,(H,17,18)(H,19,20). The lowest BCUT2D eigenvalue weighted by atomic mass is 10.2. The van der Waals surface area contributed by atoms with Crippen molar-refractivity contribution in [2.24, 2.45) is 0 Å². The Morgan fingerprint density at radius 3 is 2.62 bits per heavy atom. The fourth-order valence-corrected chi connectivity index (χ4v) is 2.49. The second-order valence-electron chi connectivity index (χ2n) is 3.99. The summed E-state index contributed by atoms with van der Waals surface area (Å²) in [5.74, 6) is -1.32. The van der Waals surface area contributed by atoms with E-state index in [0.29, 0.717) is 0 Å². The smallest absolute Gasteiger partial charge is 0.337 e. The quantitative estimate of drug-likeness (QED) is 0.827. The van der Waals surface area contributed by atoms with Crippen LogP contribution in [-0.4, -0.2) is 27.7 Å². The van der Waals surface area contributed by atoms with Crippen LogP contribution in [-0.2, 0) is 4.79 Å². The first-order valence-corrected chi connectivity index (χ1v) is 7.29. The largest absolute Gasteiger partial charge is 0.478 e. The molecule has 0 aliphatic carbocycles. The molecule has 0 saturated carbocycles. The number of benzene rings is 1. The summed E-state index contributed by atoms with van der Waals surface area (Å²) >= 11 is 7.27. The number of aromatic nitrogens is 1. The number of rotatable bonds is 5. The average molecular weight is 323 g/mol. The minimum Gasteiger partial charge on any atom is -0.478 e. The van der Waals surface area contributed by atoms with Crippen molar-refractivity contribution in [3.63, 3.8) is 0 Å². The van der Waals surface area contributed by atoms with Crippen LogP contribution >= 0.6 is 23.4 Å². The van der Waals surface area contributed by atoms with Crippen LogP contribution in [0.15, 0.2) is 47.6 Å². The van der Waals surface area contributed by atoms with E-state index in [1.54, 1.807) is 24.5 Å². The van der Waals surface area contributed by atoms with Gasteiger partial charge in [0.15, 0.2) is 0 Å². The topological polar surface area (TPSA) is 79.3 Å². The van der Waals surface area contributed by atoms with Gasteiger partial charge in [0.1, 0.15) is 0 Å². The van der Waals surface area contributed by atoms with E-state index in [2.05, 4.69) is 10.3 Å². The molecule has 0 fully saturated rings. The number of hydrogen-bond acceptors (Lipinski definition) is 4. The van der Waals surface area contributed by atoms with Crippen LogP contribution in [0.25, 0.3) is 0 Å². The number of nitrogens with zero attached hydrogens (tertiary/aromatic N) is 1. The average Bonchev–Trinajstić information content (AvgIpc) is 2.48. The minimum atomic E-state index is -1.14. The molecule has 0 unspecified atom stereocenters. The van der Waals surface area contributed by atoms with Crippen molar-refractivity contribution >= 4 is 40.9 Å². The summed E-state index contributed by atoms with van der Waals surface area (Å²) in [6.45, 7) is 0. The summed E-state index contributed by atoms with van der Waals surface area (Å²) in [7, 11) is 0. The van der Waals surface area contributed by atoms with Gasteiger partial charge in [-0.1, -0.05) is 17.7 Å². The van der Waals surface area contributed by atoms with Crippen molar-refractivity contribution in [2.75, 3.05) is 11.1 Å². The molecule has 2 aromatic rings. The summed E-state index contributed by atoms with van der Waals surface area (Å²) in [4.78, 5) is 27.8. The number of nitrogens with one attached hydrogen (secondary N) is 1. The van der Waals surface area contributed by atoms with Crippen molar-refractivity contribution in [1.82, 2.24) is 4.98 Å². The van der Waals surface area contributed by atoms with Crippen LogP contribution in [0.2, 0.25) is 5.02 Å². The molecule has 0 saturated heterocycles. The molecule has 0 spiro atoms. The van der Waals surface area contributed by atoms with Gasteiger partial charge in [0.2, 0.25) is 5.91 Å². The maximum atomic E-state index is 11.9. The SMILES string of the molecule is O=C(CSc1ccncc1)Nc1c(Cl)cccc1C(=O)O. The van der Waals surface area contributed by atoms with Crippen LogP contribution in [0.4, 0.5) is 5.69 Å². The molecular formula is C14H11ClN2O3S. The lowest BCUT2D eigenvalue weighted by Crippen LogP contribution is -2.17. The maximum absolute atomic E-state index is 11.9. The Labute approximate surface area is 130 Å². The normalized spacial score (nSPS) is 10.1. The van der Waals surface area contributed by atoms with Crippen LogP contribution in [0, 0.1) is 0 Å². The second kappa shape index (κ2) is 7.10. The molecule has 0 atom stereocenters. The lowest BCUT2D eigenvalue weighted by Gasteiger charge is -2.10. The third-order valence-corrected chi connectivity index (χ3v) is 3.86. The van der Waals surface area contributed by atoms with Crippen molar-refractivity contribution in [2.45, 2.75) is 4.90 Å². The lowest BCUT2D eigenvalue weighted by molar-refractivity contribution is -0.113. The monoisotopic (exact) mass is 322 g/mol. The van der Waals surface area contributed by atoms with E-state index in [1.807, 2.05) is 0 Å². The summed E-state index contributed by atoms with van der Waals surface area (Å²) < 4.78 is 0. The zero-order chi connectivity index (χ0) is 15.2. The first-order valence-electron chi connectivity index (χ1n) is 5.92. The fourth-order valence-electron chi connectivity index (χ4n) is 1.59. The minimum absolute atomic E-state index is 0.0373. The summed E-state index contributed by atoms with van der Waals surface area (Å²) in [5, 5.41) is 11.8. The Morgan fingerprint density at radius 2 is 1.95 bits per heavy atom. The Kier molecular flexibility index (Phi) is 5.19. The van der Waals surface area contributed by atoms with Gasteiger partial charge in [-0.25, -0.2) is 4.79 Å². The second-order valence-corrected chi connectivity index (χ2v) is 5.44. The molecule has 0 aliphatic heterocycles. The molecule has 21 heavy (non-hydrogen) atoms. The van der Waals surface area contributed by atoms with Crippen LogP contribution in [0.5, 0.6) is 0 Å². The van der Waals surface area contributed by atoms with E-state index in [-0.39, 0.29) is 27.9 Å². The van der Waals surface area contributed by atoms with Gasteiger partial charge in [-0.3, -0.25) is 9.78 Å². The number of amides is 1. The Morgan fingerprint density at radius 1 is 1.24 bits per heavy atom. The van der Waals surface area contributed by atoms with Gasteiger partial charge in [-0.15, -0.1) is 11.8 Å². The molecular weight excluding hydrogens is 312 g/mol. The fraction of sp³-hybridized carbons (Fsp3) is 0.0714. The highest BCUT2D eigenvalue weighted by molar-refractivity contribution is 8.00. The first kappa shape index (κ1) is 15.3. The molecule has 1 amide bonds.